The summed E-state index contributed by atoms with van der Waals surface area (Å²) in [6.45, 7) is 10.4. The van der Waals surface area contributed by atoms with Gasteiger partial charge in [-0.15, -0.1) is 11.3 Å². The number of aromatic nitrogens is 4. The largest absolute Gasteiger partial charge is 0.369 e. The number of nitrogens with zero attached hydrogens (tertiary/aromatic N) is 4. The summed E-state index contributed by atoms with van der Waals surface area (Å²) in [7, 11) is 0. The van der Waals surface area contributed by atoms with Crippen LogP contribution in [0.15, 0.2) is 18.6 Å². The lowest BCUT2D eigenvalue weighted by Gasteiger charge is -2.49. The van der Waals surface area contributed by atoms with Gasteiger partial charge in [-0.3, -0.25) is 9.69 Å². The van der Waals surface area contributed by atoms with E-state index in [1.165, 1.54) is 44.8 Å². The van der Waals surface area contributed by atoms with Crippen molar-refractivity contribution in [1.29, 1.82) is 0 Å². The Morgan fingerprint density at radius 1 is 1.32 bits per heavy atom. The Hall–Kier alpha value is -2.71. The standard InChI is InChI=1S/C26H32N6OS/c1-13(2)21-22-15(4)24(19-8-18-6-5-16(19)9-31(18)11-20(27)33)34-26(22)30-23(21)17-7-14(3)25-28-12-29-32(25)10-17/h7,10,12-13,16,18-19,30H,5-6,8-9,11H2,1-4H3,(H2,27,33)/t16-,18-,19-/m1/s1. The van der Waals surface area contributed by atoms with E-state index in [1.54, 1.807) is 6.33 Å². The van der Waals surface area contributed by atoms with E-state index in [9.17, 15) is 4.79 Å². The second kappa shape index (κ2) is 7.92. The summed E-state index contributed by atoms with van der Waals surface area (Å²) < 4.78 is 1.87. The smallest absolute Gasteiger partial charge is 0.231 e. The second-order valence-electron chi connectivity index (χ2n) is 10.5. The monoisotopic (exact) mass is 476 g/mol. The Labute approximate surface area is 203 Å². The molecule has 2 saturated heterocycles. The van der Waals surface area contributed by atoms with Crippen LogP contribution in [0.2, 0.25) is 0 Å². The number of thiophene rings is 1. The molecule has 3 atom stereocenters. The second-order valence-corrected chi connectivity index (χ2v) is 11.6. The minimum Gasteiger partial charge on any atom is -0.369 e. The van der Waals surface area contributed by atoms with E-state index in [1.807, 2.05) is 15.9 Å². The van der Waals surface area contributed by atoms with Crippen LogP contribution in [-0.4, -0.2) is 49.5 Å². The zero-order chi connectivity index (χ0) is 23.7. The molecule has 2 aliphatic heterocycles. The minimum atomic E-state index is -0.210. The number of nitrogens with two attached hydrogens (primary N) is 1. The molecule has 1 saturated carbocycles. The highest BCUT2D eigenvalue weighted by atomic mass is 32.1. The molecule has 4 aromatic rings. The molecule has 34 heavy (non-hydrogen) atoms. The third kappa shape index (κ3) is 3.30. The highest BCUT2D eigenvalue weighted by Gasteiger charge is 2.42. The lowest BCUT2D eigenvalue weighted by molar-refractivity contribution is -0.121. The van der Waals surface area contributed by atoms with E-state index in [2.05, 4.69) is 59.9 Å². The van der Waals surface area contributed by atoms with Gasteiger partial charge >= 0.3 is 0 Å². The molecule has 178 valence electrons. The van der Waals surface area contributed by atoms with Crippen molar-refractivity contribution >= 4 is 33.1 Å². The molecular formula is C26H32N6OS. The van der Waals surface area contributed by atoms with E-state index in [0.717, 1.165) is 29.7 Å². The Morgan fingerprint density at radius 2 is 2.15 bits per heavy atom. The number of aryl methyl sites for hydroxylation is 2. The van der Waals surface area contributed by atoms with Crippen LogP contribution in [0.3, 0.4) is 0 Å². The Morgan fingerprint density at radius 3 is 2.85 bits per heavy atom. The summed E-state index contributed by atoms with van der Waals surface area (Å²) in [6.07, 6.45) is 7.26. The number of primary amides is 1. The molecule has 3 fully saturated rings. The third-order valence-corrected chi connectivity index (χ3v) is 9.37. The number of hydrogen-bond acceptors (Lipinski definition) is 5. The molecule has 1 amide bonds. The van der Waals surface area contributed by atoms with Crippen molar-refractivity contribution < 1.29 is 4.79 Å². The normalized spacial score (nSPS) is 23.0. The first kappa shape index (κ1) is 21.8. The van der Waals surface area contributed by atoms with Crippen molar-refractivity contribution in [2.75, 3.05) is 13.1 Å². The van der Waals surface area contributed by atoms with E-state index in [0.29, 0.717) is 30.3 Å². The van der Waals surface area contributed by atoms with Crippen molar-refractivity contribution in [3.8, 4) is 11.3 Å². The average Bonchev–Trinajstić information content (AvgIpc) is 3.48. The average molecular weight is 477 g/mol. The number of rotatable bonds is 5. The van der Waals surface area contributed by atoms with Crippen LogP contribution in [-0.2, 0) is 4.79 Å². The van der Waals surface area contributed by atoms with Crippen LogP contribution in [0.4, 0.5) is 0 Å². The summed E-state index contributed by atoms with van der Waals surface area (Å²) in [5, 5.41) is 5.78. The van der Waals surface area contributed by atoms with Crippen LogP contribution < -0.4 is 5.73 Å². The predicted molar refractivity (Wildman–Crippen MR) is 136 cm³/mol. The number of carbonyl (C=O) groups is 1. The fourth-order valence-corrected chi connectivity index (χ4v) is 8.00. The summed E-state index contributed by atoms with van der Waals surface area (Å²) in [6, 6.07) is 2.69. The van der Waals surface area contributed by atoms with Gasteiger partial charge in [0.05, 0.1) is 12.2 Å². The number of nitrogens with one attached hydrogen (secondary N) is 1. The van der Waals surface area contributed by atoms with Gasteiger partial charge in [0.15, 0.2) is 5.65 Å². The van der Waals surface area contributed by atoms with Crippen molar-refractivity contribution in [3.05, 3.63) is 40.2 Å². The number of amides is 1. The maximum atomic E-state index is 11.5. The molecule has 0 radical (unpaired) electrons. The number of piperidine rings is 2. The van der Waals surface area contributed by atoms with Crippen molar-refractivity contribution in [2.45, 2.75) is 64.8 Å². The van der Waals surface area contributed by atoms with Gasteiger partial charge in [0.1, 0.15) is 11.2 Å². The van der Waals surface area contributed by atoms with E-state index in [-0.39, 0.29) is 5.91 Å². The summed E-state index contributed by atoms with van der Waals surface area (Å²) in [5.41, 5.74) is 12.7. The maximum absolute atomic E-state index is 11.5. The van der Waals surface area contributed by atoms with E-state index in [4.69, 9.17) is 5.73 Å². The number of carbonyl (C=O) groups excluding carboxylic acids is 1. The van der Waals surface area contributed by atoms with Gasteiger partial charge in [0, 0.05) is 34.6 Å². The van der Waals surface area contributed by atoms with E-state index < -0.39 is 0 Å². The van der Waals surface area contributed by atoms with Crippen LogP contribution in [0, 0.1) is 19.8 Å². The fourth-order valence-electron chi connectivity index (χ4n) is 6.56. The quantitative estimate of drug-likeness (QED) is 0.435. The summed E-state index contributed by atoms with van der Waals surface area (Å²) >= 11 is 1.94. The summed E-state index contributed by atoms with van der Waals surface area (Å²) in [5.74, 6) is 1.36. The number of pyridine rings is 1. The number of fused-ring (bicyclic) bond motifs is 5. The van der Waals surface area contributed by atoms with Crippen LogP contribution in [0.25, 0.3) is 27.1 Å². The molecule has 3 aliphatic rings. The molecule has 8 heteroatoms. The highest BCUT2D eigenvalue weighted by Crippen LogP contribution is 2.51. The zero-order valence-corrected chi connectivity index (χ0v) is 21.1. The van der Waals surface area contributed by atoms with Crippen LogP contribution >= 0.6 is 11.3 Å². The maximum Gasteiger partial charge on any atom is 0.231 e. The van der Waals surface area contributed by atoms with Gasteiger partial charge in [-0.2, -0.15) is 5.10 Å². The topological polar surface area (TPSA) is 92.3 Å². The minimum absolute atomic E-state index is 0.210. The van der Waals surface area contributed by atoms with Gasteiger partial charge < -0.3 is 10.7 Å². The molecular weight excluding hydrogens is 444 g/mol. The highest BCUT2D eigenvalue weighted by molar-refractivity contribution is 7.19. The Kier molecular flexibility index (Phi) is 5.08. The first-order valence-corrected chi connectivity index (χ1v) is 13.1. The SMILES string of the molecule is Cc1c([C@@H]2C[C@H]3CC[C@@H]2CN3CC(N)=O)sc2[nH]c(-c3cc(C)c4ncnn4c3)c(C(C)C)c12. The van der Waals surface area contributed by atoms with Gasteiger partial charge in [0.2, 0.25) is 5.91 Å². The van der Waals surface area contributed by atoms with Crippen molar-refractivity contribution in [1.82, 2.24) is 24.5 Å². The van der Waals surface area contributed by atoms with Crippen molar-refractivity contribution in [3.63, 3.8) is 0 Å². The van der Waals surface area contributed by atoms with Gasteiger partial charge in [-0.1, -0.05) is 13.8 Å². The molecule has 3 N–H and O–H groups in total. The van der Waals surface area contributed by atoms with Gasteiger partial charge in [-0.25, -0.2) is 9.50 Å². The van der Waals surface area contributed by atoms with Crippen LogP contribution in [0.5, 0.6) is 0 Å². The zero-order valence-electron chi connectivity index (χ0n) is 20.3. The lowest BCUT2D eigenvalue weighted by atomic mass is 9.70. The Bertz CT molecular complexity index is 1410. The molecule has 7 rings (SSSR count). The number of aromatic amines is 1. The van der Waals surface area contributed by atoms with Gasteiger partial charge in [-0.05, 0) is 73.6 Å². The first-order valence-electron chi connectivity index (χ1n) is 12.3. The first-order chi connectivity index (χ1) is 16.3. The molecule has 0 aromatic carbocycles. The predicted octanol–water partition coefficient (Wildman–Crippen LogP) is 4.73. The molecule has 2 bridgehead atoms. The number of hydrogen-bond donors (Lipinski definition) is 2. The Balaban J connectivity index is 1.41. The molecule has 0 unspecified atom stereocenters. The fraction of sp³-hybridized carbons (Fsp3) is 0.500. The lowest BCUT2D eigenvalue weighted by Crippen LogP contribution is -2.53. The van der Waals surface area contributed by atoms with Crippen molar-refractivity contribution in [2.24, 2.45) is 11.7 Å². The van der Waals surface area contributed by atoms with E-state index >= 15 is 0 Å². The van der Waals surface area contributed by atoms with Gasteiger partial charge in [0.25, 0.3) is 0 Å². The molecule has 0 spiro atoms. The number of H-pyrrole nitrogens is 1. The molecule has 4 aromatic heterocycles. The van der Waals surface area contributed by atoms with Crippen LogP contribution in [0.1, 0.15) is 66.5 Å². The summed E-state index contributed by atoms with van der Waals surface area (Å²) in [4.78, 5) is 24.8. The molecule has 6 heterocycles. The molecule has 1 aliphatic carbocycles. The molecule has 7 nitrogen and oxygen atoms in total. The third-order valence-electron chi connectivity index (χ3n) is 8.03.